The number of fused-ring (bicyclic) bond motifs is 1. The Kier molecular flexibility index (Phi) is 4.62. The summed E-state index contributed by atoms with van der Waals surface area (Å²) < 4.78 is 12.0. The molecule has 0 atom stereocenters. The number of aryl methyl sites for hydroxylation is 1. The van der Waals surface area contributed by atoms with Gasteiger partial charge in [0, 0.05) is 17.2 Å². The Morgan fingerprint density at radius 2 is 2.06 bits per heavy atom. The molecule has 5 rings (SSSR count). The highest BCUT2D eigenvalue weighted by Crippen LogP contribution is 2.25. The molecule has 3 aromatic heterocycles. The number of anilines is 1. The van der Waals surface area contributed by atoms with Gasteiger partial charge < -0.3 is 14.5 Å². The van der Waals surface area contributed by atoms with Crippen LogP contribution in [-0.4, -0.2) is 32.8 Å². The number of H-pyrrole nitrogens is 1. The normalized spacial score (nSPS) is 12.5. The maximum atomic E-state index is 12.8. The lowest BCUT2D eigenvalue weighted by Crippen LogP contribution is -2.21. The standard InChI is InChI=1S/C22H19N5O4/c1-30-14-9-7-13(8-10-14)20(28)24-19-12-17(18-6-3-11-31-18)26-27(19)22-23-16-5-2-4-15(16)21(29)25-22/h3,6-12H,2,4-5H2,1H3,(H,24,28)(H,23,25,29). The number of nitrogens with one attached hydrogen (secondary N) is 2. The molecule has 1 aromatic carbocycles. The number of carbonyl (C=O) groups excluding carboxylic acids is 1. The number of aromatic nitrogens is 4. The number of nitrogens with zero attached hydrogens (tertiary/aromatic N) is 3. The van der Waals surface area contributed by atoms with Crippen LogP contribution < -0.4 is 15.6 Å². The number of carbonyl (C=O) groups is 1. The van der Waals surface area contributed by atoms with E-state index >= 15 is 0 Å². The fourth-order valence-electron chi connectivity index (χ4n) is 3.64. The van der Waals surface area contributed by atoms with Gasteiger partial charge in [-0.15, -0.1) is 0 Å². The average Bonchev–Trinajstić information content (AvgIpc) is 3.54. The van der Waals surface area contributed by atoms with Crippen molar-refractivity contribution < 1.29 is 13.9 Å². The van der Waals surface area contributed by atoms with Gasteiger partial charge in [-0.2, -0.15) is 9.78 Å². The third-order valence-electron chi connectivity index (χ3n) is 5.21. The number of hydrogen-bond donors (Lipinski definition) is 2. The van der Waals surface area contributed by atoms with E-state index in [1.54, 1.807) is 55.8 Å². The average molecular weight is 417 g/mol. The van der Waals surface area contributed by atoms with Gasteiger partial charge in [0.05, 0.1) is 19.1 Å². The molecule has 156 valence electrons. The Hall–Kier alpha value is -4.14. The quantitative estimate of drug-likeness (QED) is 0.516. The number of rotatable bonds is 5. The van der Waals surface area contributed by atoms with E-state index in [1.807, 2.05) is 0 Å². The molecule has 31 heavy (non-hydrogen) atoms. The van der Waals surface area contributed by atoms with Crippen molar-refractivity contribution >= 4 is 11.7 Å². The summed E-state index contributed by atoms with van der Waals surface area (Å²) >= 11 is 0. The van der Waals surface area contributed by atoms with Crippen molar-refractivity contribution in [1.82, 2.24) is 19.7 Å². The molecule has 4 aromatic rings. The van der Waals surface area contributed by atoms with Crippen LogP contribution in [0.25, 0.3) is 17.4 Å². The monoisotopic (exact) mass is 417 g/mol. The highest BCUT2D eigenvalue weighted by atomic mass is 16.5. The van der Waals surface area contributed by atoms with Crippen LogP contribution in [0, 0.1) is 0 Å². The summed E-state index contributed by atoms with van der Waals surface area (Å²) in [6.45, 7) is 0. The SMILES string of the molecule is COc1ccc(C(=O)Nc2cc(-c3ccco3)nn2-c2nc3c(c(=O)[nH]2)CCC3)cc1. The predicted octanol–water partition coefficient (Wildman–Crippen LogP) is 2.97. The molecule has 9 heteroatoms. The smallest absolute Gasteiger partial charge is 0.256 e. The lowest BCUT2D eigenvalue weighted by Gasteiger charge is -2.09. The molecule has 0 saturated heterocycles. The van der Waals surface area contributed by atoms with E-state index in [1.165, 1.54) is 4.68 Å². The van der Waals surface area contributed by atoms with Gasteiger partial charge in [-0.3, -0.25) is 14.6 Å². The summed E-state index contributed by atoms with van der Waals surface area (Å²) in [6.07, 6.45) is 3.90. The van der Waals surface area contributed by atoms with Crippen LogP contribution in [0.4, 0.5) is 5.82 Å². The number of ether oxygens (including phenoxy) is 1. The summed E-state index contributed by atoms with van der Waals surface area (Å²) in [5.74, 6) is 1.45. The van der Waals surface area contributed by atoms with Gasteiger partial charge in [-0.05, 0) is 55.7 Å². The van der Waals surface area contributed by atoms with E-state index in [0.29, 0.717) is 34.1 Å². The Labute approximate surface area is 176 Å². The number of amides is 1. The molecule has 1 aliphatic rings. The number of benzene rings is 1. The Morgan fingerprint density at radius 3 is 2.81 bits per heavy atom. The summed E-state index contributed by atoms with van der Waals surface area (Å²) in [4.78, 5) is 32.7. The fraction of sp³-hybridized carbons (Fsp3) is 0.182. The molecule has 0 spiro atoms. The summed E-state index contributed by atoms with van der Waals surface area (Å²) in [5, 5.41) is 7.37. The zero-order valence-corrected chi connectivity index (χ0v) is 16.7. The van der Waals surface area contributed by atoms with Crippen molar-refractivity contribution in [3.8, 4) is 23.2 Å². The molecule has 0 saturated carbocycles. The van der Waals surface area contributed by atoms with E-state index < -0.39 is 0 Å². The maximum Gasteiger partial charge on any atom is 0.256 e. The number of methoxy groups -OCH3 is 1. The summed E-state index contributed by atoms with van der Waals surface area (Å²) in [6, 6.07) is 11.9. The number of aromatic amines is 1. The van der Waals surface area contributed by atoms with Crippen molar-refractivity contribution in [2.45, 2.75) is 19.3 Å². The molecular weight excluding hydrogens is 398 g/mol. The molecule has 0 radical (unpaired) electrons. The van der Waals surface area contributed by atoms with Crippen LogP contribution in [0.2, 0.25) is 0 Å². The first-order valence-corrected chi connectivity index (χ1v) is 9.84. The molecule has 9 nitrogen and oxygen atoms in total. The maximum absolute atomic E-state index is 12.8. The van der Waals surface area contributed by atoms with Crippen molar-refractivity contribution in [1.29, 1.82) is 0 Å². The first-order valence-electron chi connectivity index (χ1n) is 9.84. The highest BCUT2D eigenvalue weighted by Gasteiger charge is 2.21. The van der Waals surface area contributed by atoms with Gasteiger partial charge in [-0.25, -0.2) is 4.98 Å². The van der Waals surface area contributed by atoms with Crippen LogP contribution in [0.15, 0.2) is 57.9 Å². The third kappa shape index (κ3) is 3.50. The van der Waals surface area contributed by atoms with Crippen LogP contribution in [-0.2, 0) is 12.8 Å². The second kappa shape index (κ2) is 7.60. The lowest BCUT2D eigenvalue weighted by molar-refractivity contribution is 0.102. The predicted molar refractivity (Wildman–Crippen MR) is 113 cm³/mol. The third-order valence-corrected chi connectivity index (χ3v) is 5.21. The van der Waals surface area contributed by atoms with E-state index in [9.17, 15) is 9.59 Å². The van der Waals surface area contributed by atoms with Crippen molar-refractivity contribution in [2.24, 2.45) is 0 Å². The zero-order valence-electron chi connectivity index (χ0n) is 16.7. The molecule has 0 bridgehead atoms. The van der Waals surface area contributed by atoms with Crippen LogP contribution in [0.1, 0.15) is 28.0 Å². The van der Waals surface area contributed by atoms with Gasteiger partial charge in [0.2, 0.25) is 5.95 Å². The van der Waals surface area contributed by atoms with Crippen LogP contribution in [0.3, 0.4) is 0 Å². The molecule has 0 unspecified atom stereocenters. The van der Waals surface area contributed by atoms with E-state index in [0.717, 1.165) is 25.0 Å². The van der Waals surface area contributed by atoms with Crippen LogP contribution >= 0.6 is 0 Å². The molecule has 1 amide bonds. The minimum atomic E-state index is -0.335. The van der Waals surface area contributed by atoms with E-state index in [4.69, 9.17) is 9.15 Å². The van der Waals surface area contributed by atoms with Gasteiger partial charge in [-0.1, -0.05) is 0 Å². The summed E-state index contributed by atoms with van der Waals surface area (Å²) in [5.41, 5.74) is 2.24. The first kappa shape index (κ1) is 18.9. The van der Waals surface area contributed by atoms with Crippen molar-refractivity contribution in [2.75, 3.05) is 12.4 Å². The van der Waals surface area contributed by atoms with Crippen molar-refractivity contribution in [3.63, 3.8) is 0 Å². The first-order chi connectivity index (χ1) is 15.1. The van der Waals surface area contributed by atoms with Gasteiger partial charge in [0.15, 0.2) is 5.76 Å². The largest absolute Gasteiger partial charge is 0.497 e. The molecule has 0 aliphatic heterocycles. The Bertz CT molecular complexity index is 1300. The molecule has 0 fully saturated rings. The second-order valence-electron chi connectivity index (χ2n) is 7.15. The van der Waals surface area contributed by atoms with E-state index in [2.05, 4.69) is 20.4 Å². The number of hydrogen-bond acceptors (Lipinski definition) is 6. The van der Waals surface area contributed by atoms with Gasteiger partial charge in [0.25, 0.3) is 11.5 Å². The fourth-order valence-corrected chi connectivity index (χ4v) is 3.64. The molecule has 1 aliphatic carbocycles. The van der Waals surface area contributed by atoms with Crippen LogP contribution in [0.5, 0.6) is 5.75 Å². The number of furan rings is 1. The van der Waals surface area contributed by atoms with E-state index in [-0.39, 0.29) is 17.4 Å². The Balaban J connectivity index is 1.55. The highest BCUT2D eigenvalue weighted by molar-refractivity contribution is 6.04. The minimum Gasteiger partial charge on any atom is -0.497 e. The van der Waals surface area contributed by atoms with Gasteiger partial charge in [0.1, 0.15) is 17.3 Å². The summed E-state index contributed by atoms with van der Waals surface area (Å²) in [7, 11) is 1.56. The van der Waals surface area contributed by atoms with Gasteiger partial charge >= 0.3 is 0 Å². The molecule has 3 heterocycles. The second-order valence-corrected chi connectivity index (χ2v) is 7.15. The lowest BCUT2D eigenvalue weighted by atomic mass is 10.2. The van der Waals surface area contributed by atoms with Crippen molar-refractivity contribution in [3.05, 3.63) is 75.9 Å². The topological polar surface area (TPSA) is 115 Å². The zero-order chi connectivity index (χ0) is 21.4. The molecule has 2 N–H and O–H groups in total. The minimum absolute atomic E-state index is 0.181. The molecular formula is C22H19N5O4. The Morgan fingerprint density at radius 1 is 1.23 bits per heavy atom.